The third-order valence-electron chi connectivity index (χ3n) is 6.10. The Morgan fingerprint density at radius 3 is 2.25 bits per heavy atom. The van der Waals surface area contributed by atoms with Gasteiger partial charge in [0.1, 0.15) is 29.8 Å². The molecule has 2 amide bonds. The summed E-state index contributed by atoms with van der Waals surface area (Å²) in [6.45, 7) is -0.937. The predicted molar refractivity (Wildman–Crippen MR) is 147 cm³/mol. The van der Waals surface area contributed by atoms with Crippen molar-refractivity contribution in [1.29, 1.82) is 0 Å². The number of carbonyl (C=O) groups is 2. The topological polar surface area (TPSA) is 139 Å². The molecule has 212 valence electrons. The summed E-state index contributed by atoms with van der Waals surface area (Å²) in [6, 6.07) is 16.6. The Hall–Kier alpha value is -4.52. The summed E-state index contributed by atoms with van der Waals surface area (Å²) in [6.07, 6.45) is 0.954. The van der Waals surface area contributed by atoms with Gasteiger partial charge < -0.3 is 15.0 Å². The molecule has 0 aromatic heterocycles. The second-order valence-corrected chi connectivity index (χ2v) is 10.8. The molecule has 0 fully saturated rings. The molecule has 40 heavy (non-hydrogen) atoms. The molecule has 0 heterocycles. The van der Waals surface area contributed by atoms with Crippen LogP contribution in [-0.2, 0) is 32.6 Å². The maximum atomic E-state index is 13.9. The van der Waals surface area contributed by atoms with Crippen molar-refractivity contribution in [2.24, 2.45) is 0 Å². The van der Waals surface area contributed by atoms with Crippen molar-refractivity contribution in [2.45, 2.75) is 19.0 Å². The molecule has 0 saturated carbocycles. The fourth-order valence-corrected chi connectivity index (χ4v) is 4.93. The number of likely N-dealkylation sites (N-methyl/N-ethyl adjacent to an activating group) is 1. The Kier molecular flexibility index (Phi) is 9.78. The first-order valence-electron chi connectivity index (χ1n) is 12.0. The van der Waals surface area contributed by atoms with Gasteiger partial charge in [-0.1, -0.05) is 42.5 Å². The first kappa shape index (κ1) is 30.0. The van der Waals surface area contributed by atoms with Gasteiger partial charge in [0.15, 0.2) is 0 Å². The number of nitro benzene ring substituents is 1. The second-order valence-electron chi connectivity index (χ2n) is 8.85. The molecule has 1 N–H and O–H groups in total. The SMILES string of the molecule is CNC(=O)C(Cc1ccccc1)N(Cc1ccc(F)cc1)C(=O)CN(c1cc([N+](=O)[O-])ccc1OC)S(C)(=O)=O. The lowest BCUT2D eigenvalue weighted by Crippen LogP contribution is -2.52. The van der Waals surface area contributed by atoms with Gasteiger partial charge in [-0.25, -0.2) is 12.8 Å². The molecular weight excluding hydrogens is 543 g/mol. The zero-order chi connectivity index (χ0) is 29.4. The highest BCUT2D eigenvalue weighted by atomic mass is 32.2. The minimum absolute atomic E-state index is 0.0129. The molecule has 3 aromatic carbocycles. The van der Waals surface area contributed by atoms with Crippen molar-refractivity contribution in [3.8, 4) is 5.75 Å². The summed E-state index contributed by atoms with van der Waals surface area (Å²) < 4.78 is 45.3. The van der Waals surface area contributed by atoms with Gasteiger partial charge in [0.25, 0.3) is 5.69 Å². The number of methoxy groups -OCH3 is 1. The van der Waals surface area contributed by atoms with E-state index >= 15 is 0 Å². The number of hydrogen-bond donors (Lipinski definition) is 1. The van der Waals surface area contributed by atoms with Crippen LogP contribution in [0.1, 0.15) is 11.1 Å². The lowest BCUT2D eigenvalue weighted by Gasteiger charge is -2.33. The molecule has 0 aliphatic carbocycles. The number of ether oxygens (including phenoxy) is 1. The Morgan fingerprint density at radius 1 is 1.05 bits per heavy atom. The highest BCUT2D eigenvalue weighted by Crippen LogP contribution is 2.34. The minimum atomic E-state index is -4.18. The predicted octanol–water partition coefficient (Wildman–Crippen LogP) is 2.89. The van der Waals surface area contributed by atoms with Crippen molar-refractivity contribution in [3.63, 3.8) is 0 Å². The molecule has 0 spiro atoms. The number of nitro groups is 1. The molecule has 13 heteroatoms. The van der Waals surface area contributed by atoms with Crippen LogP contribution in [0.2, 0.25) is 0 Å². The lowest BCUT2D eigenvalue weighted by molar-refractivity contribution is -0.384. The van der Waals surface area contributed by atoms with Gasteiger partial charge in [0.2, 0.25) is 21.8 Å². The third kappa shape index (κ3) is 7.53. The molecule has 11 nitrogen and oxygen atoms in total. The van der Waals surface area contributed by atoms with Crippen LogP contribution in [0.25, 0.3) is 0 Å². The number of nitrogens with zero attached hydrogens (tertiary/aromatic N) is 3. The average molecular weight is 573 g/mol. The van der Waals surface area contributed by atoms with Gasteiger partial charge in [0, 0.05) is 32.1 Å². The van der Waals surface area contributed by atoms with Crippen LogP contribution in [0, 0.1) is 15.9 Å². The van der Waals surface area contributed by atoms with E-state index in [9.17, 15) is 32.5 Å². The fourth-order valence-electron chi connectivity index (χ4n) is 4.09. The van der Waals surface area contributed by atoms with E-state index in [2.05, 4.69) is 5.32 Å². The van der Waals surface area contributed by atoms with Crippen molar-refractivity contribution in [3.05, 3.63) is 99.9 Å². The van der Waals surface area contributed by atoms with Crippen molar-refractivity contribution >= 4 is 33.2 Å². The fraction of sp³-hybridized carbons (Fsp3) is 0.259. The number of benzene rings is 3. The van der Waals surface area contributed by atoms with E-state index in [4.69, 9.17) is 4.74 Å². The molecular formula is C27H29FN4O7S. The summed E-state index contributed by atoms with van der Waals surface area (Å²) in [5, 5.41) is 14.0. The number of anilines is 1. The van der Waals surface area contributed by atoms with Gasteiger partial charge in [-0.3, -0.25) is 24.0 Å². The van der Waals surface area contributed by atoms with Gasteiger partial charge in [0.05, 0.1) is 18.3 Å². The van der Waals surface area contributed by atoms with Crippen LogP contribution in [0.3, 0.4) is 0 Å². The van der Waals surface area contributed by atoms with E-state index < -0.39 is 50.9 Å². The second kappa shape index (κ2) is 13.0. The summed E-state index contributed by atoms with van der Waals surface area (Å²) in [7, 11) is -1.50. The largest absolute Gasteiger partial charge is 0.495 e. The van der Waals surface area contributed by atoms with E-state index in [1.807, 2.05) is 0 Å². The van der Waals surface area contributed by atoms with E-state index in [0.717, 1.165) is 24.0 Å². The first-order valence-corrected chi connectivity index (χ1v) is 13.9. The first-order chi connectivity index (χ1) is 18.9. The van der Waals surface area contributed by atoms with Gasteiger partial charge in [-0.05, 0) is 29.3 Å². The Balaban J connectivity index is 2.09. The van der Waals surface area contributed by atoms with Crippen LogP contribution in [0.4, 0.5) is 15.8 Å². The standard InChI is InChI=1S/C27H29FN4O7S/c1-29-27(34)24(15-19-7-5-4-6-8-19)30(17-20-9-11-21(28)12-10-20)26(33)18-31(40(3,37)38)23-16-22(32(35)36)13-14-25(23)39-2/h4-14,16,24H,15,17-18H2,1-3H3,(H,29,34). The number of hydrogen-bond acceptors (Lipinski definition) is 7. The Bertz CT molecular complexity index is 1470. The quantitative estimate of drug-likeness (QED) is 0.260. The monoisotopic (exact) mass is 572 g/mol. The molecule has 0 radical (unpaired) electrons. The van der Waals surface area contributed by atoms with Gasteiger partial charge in [-0.15, -0.1) is 0 Å². The smallest absolute Gasteiger partial charge is 0.271 e. The number of nitrogens with one attached hydrogen (secondary N) is 1. The van der Waals surface area contributed by atoms with Crippen molar-refractivity contribution < 1.29 is 32.1 Å². The highest BCUT2D eigenvalue weighted by Gasteiger charge is 2.34. The summed E-state index contributed by atoms with van der Waals surface area (Å²) in [4.78, 5) is 38.9. The summed E-state index contributed by atoms with van der Waals surface area (Å²) >= 11 is 0. The maximum absolute atomic E-state index is 13.9. The maximum Gasteiger partial charge on any atom is 0.271 e. The van der Waals surface area contributed by atoms with Crippen molar-refractivity contribution in [1.82, 2.24) is 10.2 Å². The highest BCUT2D eigenvalue weighted by molar-refractivity contribution is 7.92. The van der Waals surface area contributed by atoms with E-state index in [0.29, 0.717) is 9.87 Å². The molecule has 3 aromatic rings. The number of carbonyl (C=O) groups excluding carboxylic acids is 2. The van der Waals surface area contributed by atoms with Crippen LogP contribution >= 0.6 is 0 Å². The number of sulfonamides is 1. The number of rotatable bonds is 12. The normalized spacial score (nSPS) is 11.8. The van der Waals surface area contributed by atoms with Gasteiger partial charge >= 0.3 is 0 Å². The molecule has 1 unspecified atom stereocenters. The number of amides is 2. The van der Waals surface area contributed by atoms with Crippen LogP contribution in [0.15, 0.2) is 72.8 Å². The minimum Gasteiger partial charge on any atom is -0.495 e. The Morgan fingerprint density at radius 2 is 1.70 bits per heavy atom. The Labute approximate surface area is 231 Å². The van der Waals surface area contributed by atoms with Gasteiger partial charge in [-0.2, -0.15) is 0 Å². The summed E-state index contributed by atoms with van der Waals surface area (Å²) in [5.41, 5.74) is 0.616. The van der Waals surface area contributed by atoms with E-state index in [1.54, 1.807) is 30.3 Å². The molecule has 0 bridgehead atoms. The average Bonchev–Trinajstić information content (AvgIpc) is 2.93. The third-order valence-corrected chi connectivity index (χ3v) is 7.23. The molecule has 0 saturated heterocycles. The lowest BCUT2D eigenvalue weighted by atomic mass is 10.0. The zero-order valence-corrected chi connectivity index (χ0v) is 22.9. The molecule has 0 aliphatic rings. The molecule has 0 aliphatic heterocycles. The summed E-state index contributed by atoms with van der Waals surface area (Å²) in [5.74, 6) is -1.78. The number of halogens is 1. The number of non-ortho nitro benzene ring substituents is 1. The molecule has 1 atom stereocenters. The van der Waals surface area contributed by atoms with E-state index in [-0.39, 0.29) is 24.4 Å². The van der Waals surface area contributed by atoms with E-state index in [1.165, 1.54) is 49.4 Å². The zero-order valence-electron chi connectivity index (χ0n) is 22.1. The van der Waals surface area contributed by atoms with Crippen LogP contribution < -0.4 is 14.4 Å². The van der Waals surface area contributed by atoms with Crippen LogP contribution in [-0.4, -0.2) is 63.1 Å². The molecule has 3 rings (SSSR count). The van der Waals surface area contributed by atoms with Crippen molar-refractivity contribution in [2.75, 3.05) is 31.3 Å². The van der Waals surface area contributed by atoms with Crippen LogP contribution in [0.5, 0.6) is 5.75 Å².